The standard InChI is InChI=1S/C14H22O2/c1-13(2,3)16-12-6-5-10-9-11(15)7-8-14(10,12)4/h9,12H,5-8H2,1-4H3/t12?,14-/m1/s1. The number of ketones is 1. The Hall–Kier alpha value is -0.630. The molecule has 2 atom stereocenters. The summed E-state index contributed by atoms with van der Waals surface area (Å²) in [5.41, 5.74) is 1.34. The van der Waals surface area contributed by atoms with Crippen molar-refractivity contribution < 1.29 is 9.53 Å². The minimum Gasteiger partial charge on any atom is -0.372 e. The first-order chi connectivity index (χ1) is 7.31. The first kappa shape index (κ1) is 11.8. The van der Waals surface area contributed by atoms with E-state index in [1.54, 1.807) is 0 Å². The van der Waals surface area contributed by atoms with Gasteiger partial charge in [0.25, 0.3) is 0 Å². The summed E-state index contributed by atoms with van der Waals surface area (Å²) >= 11 is 0. The van der Waals surface area contributed by atoms with Gasteiger partial charge in [-0.25, -0.2) is 0 Å². The number of carbonyl (C=O) groups excluding carboxylic acids is 1. The van der Waals surface area contributed by atoms with Crippen molar-refractivity contribution in [3.05, 3.63) is 11.6 Å². The fourth-order valence-electron chi connectivity index (χ4n) is 2.92. The second kappa shape index (κ2) is 3.69. The number of rotatable bonds is 1. The van der Waals surface area contributed by atoms with Gasteiger partial charge in [-0.05, 0) is 46.1 Å². The number of allylic oxidation sites excluding steroid dienone is 1. The third kappa shape index (κ3) is 2.08. The smallest absolute Gasteiger partial charge is 0.155 e. The van der Waals surface area contributed by atoms with Crippen LogP contribution >= 0.6 is 0 Å². The maximum absolute atomic E-state index is 11.4. The molecule has 1 fully saturated rings. The van der Waals surface area contributed by atoms with Crippen LogP contribution in [-0.4, -0.2) is 17.5 Å². The van der Waals surface area contributed by atoms with E-state index in [4.69, 9.17) is 4.74 Å². The van der Waals surface area contributed by atoms with Crippen LogP contribution in [0, 0.1) is 5.41 Å². The van der Waals surface area contributed by atoms with Crippen molar-refractivity contribution in [1.82, 2.24) is 0 Å². The first-order valence-corrected chi connectivity index (χ1v) is 6.23. The van der Waals surface area contributed by atoms with Crippen LogP contribution in [0.15, 0.2) is 11.6 Å². The molecule has 0 N–H and O–H groups in total. The quantitative estimate of drug-likeness (QED) is 0.680. The van der Waals surface area contributed by atoms with E-state index in [0.717, 1.165) is 19.3 Å². The van der Waals surface area contributed by atoms with Gasteiger partial charge in [-0.15, -0.1) is 0 Å². The number of fused-ring (bicyclic) bond motifs is 1. The van der Waals surface area contributed by atoms with Gasteiger partial charge in [-0.3, -0.25) is 4.79 Å². The van der Waals surface area contributed by atoms with Gasteiger partial charge in [-0.2, -0.15) is 0 Å². The summed E-state index contributed by atoms with van der Waals surface area (Å²) in [5.74, 6) is 0.295. The SMILES string of the molecule is CC(C)(C)OC1CCC2=CC(=O)CC[C@]21C. The Bertz CT molecular complexity index is 335. The van der Waals surface area contributed by atoms with E-state index in [9.17, 15) is 4.79 Å². The molecule has 16 heavy (non-hydrogen) atoms. The molecule has 0 spiro atoms. The fourth-order valence-corrected chi connectivity index (χ4v) is 2.92. The molecule has 0 aliphatic heterocycles. The van der Waals surface area contributed by atoms with E-state index in [1.165, 1.54) is 5.57 Å². The zero-order chi connectivity index (χ0) is 12.0. The Morgan fingerprint density at radius 3 is 2.69 bits per heavy atom. The minimum atomic E-state index is -0.0927. The molecule has 0 saturated heterocycles. The van der Waals surface area contributed by atoms with E-state index in [2.05, 4.69) is 27.7 Å². The van der Waals surface area contributed by atoms with Crippen molar-refractivity contribution in [2.24, 2.45) is 5.41 Å². The minimum absolute atomic E-state index is 0.0927. The lowest BCUT2D eigenvalue weighted by atomic mass is 9.74. The van der Waals surface area contributed by atoms with Gasteiger partial charge in [0.15, 0.2) is 5.78 Å². The molecule has 2 rings (SSSR count). The second-order valence-corrected chi connectivity index (χ2v) is 6.31. The molecule has 0 radical (unpaired) electrons. The van der Waals surface area contributed by atoms with Crippen LogP contribution in [0.2, 0.25) is 0 Å². The molecule has 1 saturated carbocycles. The van der Waals surface area contributed by atoms with Crippen molar-refractivity contribution in [2.75, 3.05) is 0 Å². The number of ether oxygens (including phenoxy) is 1. The summed E-state index contributed by atoms with van der Waals surface area (Å²) in [5, 5.41) is 0. The van der Waals surface area contributed by atoms with E-state index < -0.39 is 0 Å². The predicted molar refractivity (Wildman–Crippen MR) is 64.3 cm³/mol. The molecule has 2 aliphatic carbocycles. The van der Waals surface area contributed by atoms with Crippen molar-refractivity contribution >= 4 is 5.78 Å². The van der Waals surface area contributed by atoms with Gasteiger partial charge >= 0.3 is 0 Å². The maximum atomic E-state index is 11.4. The molecule has 0 aromatic heterocycles. The molecule has 90 valence electrons. The highest BCUT2D eigenvalue weighted by molar-refractivity contribution is 5.91. The lowest BCUT2D eigenvalue weighted by Gasteiger charge is -2.38. The van der Waals surface area contributed by atoms with Crippen LogP contribution in [-0.2, 0) is 9.53 Å². The Balaban J connectivity index is 2.20. The highest BCUT2D eigenvalue weighted by atomic mass is 16.5. The first-order valence-electron chi connectivity index (χ1n) is 6.23. The molecular weight excluding hydrogens is 200 g/mol. The highest BCUT2D eigenvalue weighted by Crippen LogP contribution is 2.50. The van der Waals surface area contributed by atoms with E-state index in [1.807, 2.05) is 6.08 Å². The summed E-state index contributed by atoms with van der Waals surface area (Å²) in [6.07, 6.45) is 5.89. The van der Waals surface area contributed by atoms with Crippen LogP contribution in [0.3, 0.4) is 0 Å². The van der Waals surface area contributed by atoms with Crippen LogP contribution in [0.1, 0.15) is 53.4 Å². The van der Waals surface area contributed by atoms with E-state index >= 15 is 0 Å². The molecule has 0 amide bonds. The molecule has 2 heteroatoms. The average molecular weight is 222 g/mol. The Morgan fingerprint density at radius 2 is 2.06 bits per heavy atom. The van der Waals surface area contributed by atoms with Crippen LogP contribution < -0.4 is 0 Å². The fraction of sp³-hybridized carbons (Fsp3) is 0.786. The monoisotopic (exact) mass is 222 g/mol. The van der Waals surface area contributed by atoms with Gasteiger partial charge in [0.1, 0.15) is 0 Å². The molecule has 0 heterocycles. The van der Waals surface area contributed by atoms with Crippen molar-refractivity contribution in [2.45, 2.75) is 65.1 Å². The van der Waals surface area contributed by atoms with Gasteiger partial charge < -0.3 is 4.74 Å². The summed E-state index contributed by atoms with van der Waals surface area (Å²) in [6.45, 7) is 8.57. The summed E-state index contributed by atoms with van der Waals surface area (Å²) in [4.78, 5) is 11.4. The highest BCUT2D eigenvalue weighted by Gasteiger charge is 2.46. The topological polar surface area (TPSA) is 26.3 Å². The molecule has 0 aromatic rings. The van der Waals surface area contributed by atoms with Gasteiger partial charge in [-0.1, -0.05) is 12.5 Å². The molecule has 2 aliphatic rings. The third-order valence-corrected chi connectivity index (χ3v) is 3.84. The number of hydrogen-bond acceptors (Lipinski definition) is 2. The molecule has 0 aromatic carbocycles. The van der Waals surface area contributed by atoms with Gasteiger partial charge in [0, 0.05) is 11.8 Å². The summed E-state index contributed by atoms with van der Waals surface area (Å²) in [7, 11) is 0. The largest absolute Gasteiger partial charge is 0.372 e. The Morgan fingerprint density at radius 1 is 1.38 bits per heavy atom. The molecule has 0 bridgehead atoms. The maximum Gasteiger partial charge on any atom is 0.155 e. The van der Waals surface area contributed by atoms with E-state index in [-0.39, 0.29) is 17.1 Å². The second-order valence-electron chi connectivity index (χ2n) is 6.31. The zero-order valence-electron chi connectivity index (χ0n) is 10.8. The van der Waals surface area contributed by atoms with Crippen molar-refractivity contribution in [3.8, 4) is 0 Å². The average Bonchev–Trinajstić information content (AvgIpc) is 2.43. The van der Waals surface area contributed by atoms with Crippen molar-refractivity contribution in [1.29, 1.82) is 0 Å². The molecular formula is C14H22O2. The number of carbonyl (C=O) groups is 1. The van der Waals surface area contributed by atoms with E-state index in [0.29, 0.717) is 12.2 Å². The number of hydrogen-bond donors (Lipinski definition) is 0. The predicted octanol–water partition coefficient (Wildman–Crippen LogP) is 3.26. The summed E-state index contributed by atoms with van der Waals surface area (Å²) in [6, 6.07) is 0. The Labute approximate surface area is 98.1 Å². The lowest BCUT2D eigenvalue weighted by molar-refractivity contribution is -0.118. The molecule has 2 nitrogen and oxygen atoms in total. The van der Waals surface area contributed by atoms with Crippen LogP contribution in [0.25, 0.3) is 0 Å². The molecule has 1 unspecified atom stereocenters. The third-order valence-electron chi connectivity index (χ3n) is 3.84. The van der Waals surface area contributed by atoms with Crippen molar-refractivity contribution in [3.63, 3.8) is 0 Å². The van der Waals surface area contributed by atoms with Crippen LogP contribution in [0.4, 0.5) is 0 Å². The zero-order valence-corrected chi connectivity index (χ0v) is 10.8. The normalized spacial score (nSPS) is 34.9. The van der Waals surface area contributed by atoms with Gasteiger partial charge in [0.05, 0.1) is 11.7 Å². The van der Waals surface area contributed by atoms with Gasteiger partial charge in [0.2, 0.25) is 0 Å². The summed E-state index contributed by atoms with van der Waals surface area (Å²) < 4.78 is 6.15. The van der Waals surface area contributed by atoms with Crippen LogP contribution in [0.5, 0.6) is 0 Å². The lowest BCUT2D eigenvalue weighted by Crippen LogP contribution is -2.38. The Kier molecular flexibility index (Phi) is 2.73.